The maximum atomic E-state index is 12.7. The van der Waals surface area contributed by atoms with Gasteiger partial charge in [-0.1, -0.05) is 0 Å². The monoisotopic (exact) mass is 780 g/mol. The molecule has 2 aliphatic carbocycles. The number of alkyl carbamates (subject to hydrolysis) is 1. The molecule has 6 rings (SSSR count). The third-order valence-corrected chi connectivity index (χ3v) is 10.2. The molecule has 4 aliphatic rings. The van der Waals surface area contributed by atoms with Crippen molar-refractivity contribution < 1.29 is 38.1 Å². The third kappa shape index (κ3) is 9.69. The summed E-state index contributed by atoms with van der Waals surface area (Å²) in [6.45, 7) is 10.7. The number of hydrogen-bond donors (Lipinski definition) is 2. The number of ether oxygens (including phenoxy) is 5. The van der Waals surface area contributed by atoms with E-state index in [1.807, 2.05) is 32.9 Å². The lowest BCUT2D eigenvalue weighted by Crippen LogP contribution is -2.36. The van der Waals surface area contributed by atoms with Gasteiger partial charge in [-0.15, -0.1) is 24.8 Å². The highest BCUT2D eigenvalue weighted by Crippen LogP contribution is 2.50. The van der Waals surface area contributed by atoms with Gasteiger partial charge in [-0.3, -0.25) is 19.4 Å². The number of nitrogens with two attached hydrogens (primary N) is 1. The number of nitrogens with one attached hydrogen (secondary N) is 1. The van der Waals surface area contributed by atoms with Crippen molar-refractivity contribution >= 4 is 42.5 Å². The molecule has 53 heavy (non-hydrogen) atoms. The van der Waals surface area contributed by atoms with Gasteiger partial charge in [0.15, 0.2) is 34.6 Å². The number of benzene rings is 2. The number of carbonyl (C=O) groups excluding carboxylic acids is 3. The molecule has 0 saturated carbocycles. The predicted molar refractivity (Wildman–Crippen MR) is 209 cm³/mol. The first kappa shape index (κ1) is 44.1. The Morgan fingerprint density at radius 2 is 1.21 bits per heavy atom. The first-order valence-corrected chi connectivity index (χ1v) is 18.2. The van der Waals surface area contributed by atoms with Crippen molar-refractivity contribution in [3.63, 3.8) is 0 Å². The molecule has 0 bridgehead atoms. The van der Waals surface area contributed by atoms with Crippen LogP contribution >= 0.6 is 24.8 Å². The molecule has 0 spiro atoms. The summed E-state index contributed by atoms with van der Waals surface area (Å²) in [7, 11) is 6.41. The number of hydrogen-bond acceptors (Lipinski definition) is 11. The van der Waals surface area contributed by atoms with Crippen LogP contribution in [0.4, 0.5) is 4.79 Å². The van der Waals surface area contributed by atoms with Gasteiger partial charge in [0.25, 0.3) is 0 Å². The summed E-state index contributed by atoms with van der Waals surface area (Å²) in [5.41, 5.74) is 11.3. The van der Waals surface area contributed by atoms with Crippen LogP contribution in [0.3, 0.4) is 0 Å². The number of amides is 1. The van der Waals surface area contributed by atoms with E-state index >= 15 is 0 Å². The van der Waals surface area contributed by atoms with Crippen LogP contribution < -0.4 is 30.0 Å². The van der Waals surface area contributed by atoms with Gasteiger partial charge in [0.05, 0.1) is 39.6 Å². The fourth-order valence-electron chi connectivity index (χ4n) is 8.01. The number of nitrogens with zero attached hydrogens (tertiary/aromatic N) is 2. The number of ketones is 2. The standard InChI is InChI=1S/C22H32N2O5.C17H24N2O3.2ClH/c1-22(2,3)29-21(26)23-9-6-7-10-24-11-8-14-12-17(27-4)20(28-5)19-16(25)13-15(24)18(14)19;1-21-14-9-11-5-8-19(7-4-3-6-18)12-10-13(20)16(15(11)12)17(14)22-2;;/h12,15H,6-11,13H2,1-5H3,(H,23,26);9,12H,3-8,10,18H2,1-2H3;2*1H. The molecular formula is C39H58Cl2N4O8. The summed E-state index contributed by atoms with van der Waals surface area (Å²) in [5.74, 6) is 2.75. The second-order valence-corrected chi connectivity index (χ2v) is 14.6. The zero-order valence-corrected chi connectivity index (χ0v) is 33.9. The number of methoxy groups -OCH3 is 4. The summed E-state index contributed by atoms with van der Waals surface area (Å²) in [4.78, 5) is 41.8. The fraction of sp³-hybridized carbons (Fsp3) is 0.615. The summed E-state index contributed by atoms with van der Waals surface area (Å²) >= 11 is 0. The normalized spacial score (nSPS) is 18.4. The lowest BCUT2D eigenvalue weighted by molar-refractivity contribution is 0.0525. The van der Waals surface area contributed by atoms with Crippen LogP contribution in [0, 0.1) is 0 Å². The molecule has 2 atom stereocenters. The minimum atomic E-state index is -0.484. The number of unbranched alkanes of at least 4 members (excludes halogenated alkanes) is 2. The fourth-order valence-corrected chi connectivity index (χ4v) is 8.01. The van der Waals surface area contributed by atoms with Gasteiger partial charge in [0, 0.05) is 44.6 Å². The molecule has 0 radical (unpaired) electrons. The van der Waals surface area contributed by atoms with Crippen LogP contribution in [-0.4, -0.2) is 101 Å². The van der Waals surface area contributed by atoms with Gasteiger partial charge >= 0.3 is 6.09 Å². The van der Waals surface area contributed by atoms with Crippen molar-refractivity contribution in [2.24, 2.45) is 5.73 Å². The lowest BCUT2D eigenvalue weighted by Gasteiger charge is -2.35. The van der Waals surface area contributed by atoms with E-state index in [9.17, 15) is 14.4 Å². The molecule has 2 heterocycles. The highest BCUT2D eigenvalue weighted by molar-refractivity contribution is 6.06. The molecule has 2 aromatic rings. The molecule has 2 unspecified atom stereocenters. The number of rotatable bonds is 13. The van der Waals surface area contributed by atoms with E-state index < -0.39 is 5.60 Å². The van der Waals surface area contributed by atoms with Crippen LogP contribution in [0.1, 0.15) is 114 Å². The number of Topliss-reactive ketones (excluding diaryl/α,β-unsaturated/α-hetero) is 2. The molecule has 2 aliphatic heterocycles. The molecular weight excluding hydrogens is 723 g/mol. The third-order valence-electron chi connectivity index (χ3n) is 10.2. The van der Waals surface area contributed by atoms with Crippen molar-refractivity contribution in [1.29, 1.82) is 0 Å². The van der Waals surface area contributed by atoms with Crippen molar-refractivity contribution in [2.45, 2.75) is 89.8 Å². The highest BCUT2D eigenvalue weighted by Gasteiger charge is 2.42. The van der Waals surface area contributed by atoms with Crippen LogP contribution in [0.5, 0.6) is 23.0 Å². The lowest BCUT2D eigenvalue weighted by atomic mass is 9.92. The van der Waals surface area contributed by atoms with E-state index in [4.69, 9.17) is 29.4 Å². The maximum Gasteiger partial charge on any atom is 0.407 e. The van der Waals surface area contributed by atoms with Crippen LogP contribution in [0.2, 0.25) is 0 Å². The number of carbonyl (C=O) groups is 3. The largest absolute Gasteiger partial charge is 0.493 e. The highest BCUT2D eigenvalue weighted by atomic mass is 35.5. The van der Waals surface area contributed by atoms with E-state index in [0.29, 0.717) is 47.9 Å². The van der Waals surface area contributed by atoms with Gasteiger partial charge in [-0.05, 0) is 113 Å². The van der Waals surface area contributed by atoms with Gasteiger partial charge in [0.2, 0.25) is 0 Å². The summed E-state index contributed by atoms with van der Waals surface area (Å²) in [6, 6.07) is 4.37. The molecule has 0 fully saturated rings. The Morgan fingerprint density at radius 1 is 0.755 bits per heavy atom. The number of halogens is 2. The van der Waals surface area contributed by atoms with Crippen molar-refractivity contribution in [1.82, 2.24) is 15.1 Å². The minimum Gasteiger partial charge on any atom is -0.493 e. The summed E-state index contributed by atoms with van der Waals surface area (Å²) < 4.78 is 27.1. The Balaban J connectivity index is 0.000000284. The second kappa shape index (κ2) is 19.3. The predicted octanol–water partition coefficient (Wildman–Crippen LogP) is 6.27. The van der Waals surface area contributed by atoms with Crippen LogP contribution in [0.25, 0.3) is 0 Å². The molecule has 296 valence electrons. The van der Waals surface area contributed by atoms with E-state index in [1.54, 1.807) is 28.4 Å². The van der Waals surface area contributed by atoms with E-state index in [2.05, 4.69) is 15.1 Å². The molecule has 1 amide bonds. The zero-order chi connectivity index (χ0) is 36.9. The minimum absolute atomic E-state index is 0. The molecule has 3 N–H and O–H groups in total. The maximum absolute atomic E-state index is 12.7. The van der Waals surface area contributed by atoms with Gasteiger partial charge in [-0.2, -0.15) is 0 Å². The first-order valence-electron chi connectivity index (χ1n) is 18.2. The van der Waals surface area contributed by atoms with Crippen molar-refractivity contribution in [2.75, 3.05) is 67.7 Å². The topological polar surface area (TPSA) is 142 Å². The second-order valence-electron chi connectivity index (χ2n) is 14.6. The van der Waals surface area contributed by atoms with Crippen molar-refractivity contribution in [3.05, 3.63) is 45.5 Å². The Bertz CT molecular complexity index is 1620. The molecule has 0 saturated heterocycles. The average molecular weight is 782 g/mol. The quantitative estimate of drug-likeness (QED) is 0.222. The Kier molecular flexibility index (Phi) is 16.1. The Hall–Kier alpha value is -3.29. The smallest absolute Gasteiger partial charge is 0.407 e. The molecule has 2 aromatic carbocycles. The summed E-state index contributed by atoms with van der Waals surface area (Å²) in [5, 5.41) is 2.80. The van der Waals surface area contributed by atoms with E-state index in [-0.39, 0.29) is 54.6 Å². The zero-order valence-electron chi connectivity index (χ0n) is 32.3. The van der Waals surface area contributed by atoms with Crippen LogP contribution in [-0.2, 0) is 17.6 Å². The molecule has 12 nitrogen and oxygen atoms in total. The van der Waals surface area contributed by atoms with E-state index in [0.717, 1.165) is 82.4 Å². The Labute approximate surface area is 326 Å². The van der Waals surface area contributed by atoms with E-state index in [1.165, 1.54) is 16.7 Å². The average Bonchev–Trinajstić information content (AvgIpc) is 3.64. The Morgan fingerprint density at radius 3 is 1.60 bits per heavy atom. The first-order chi connectivity index (χ1) is 24.5. The van der Waals surface area contributed by atoms with Gasteiger partial charge in [0.1, 0.15) is 5.60 Å². The van der Waals surface area contributed by atoms with Gasteiger partial charge in [-0.25, -0.2) is 4.79 Å². The van der Waals surface area contributed by atoms with Gasteiger partial charge < -0.3 is 34.7 Å². The van der Waals surface area contributed by atoms with Crippen molar-refractivity contribution in [3.8, 4) is 23.0 Å². The SMILES string of the molecule is COc1cc2c3c(c1OC)C(=O)CC3N(CCCCN)CC2.COc1cc2c3c(c1OC)C(=O)CC3N(CCCCNC(=O)OC(C)(C)C)CC2.Cl.Cl. The molecule has 14 heteroatoms. The molecule has 0 aromatic heterocycles. The van der Waals surface area contributed by atoms with Crippen LogP contribution in [0.15, 0.2) is 12.1 Å². The summed E-state index contributed by atoms with van der Waals surface area (Å²) in [6.07, 6.45) is 6.42.